The summed E-state index contributed by atoms with van der Waals surface area (Å²) in [4.78, 5) is 4.59. The van der Waals surface area contributed by atoms with Gasteiger partial charge >= 0.3 is 0 Å². The van der Waals surface area contributed by atoms with Gasteiger partial charge in [-0.15, -0.1) is 0 Å². The topological polar surface area (TPSA) is 43.4 Å². The predicted molar refractivity (Wildman–Crippen MR) is 273 cm³/mol. The highest BCUT2D eigenvalue weighted by Gasteiger charge is 2.52. The molecule has 0 fully saturated rings. The lowest BCUT2D eigenvalue weighted by Crippen LogP contribution is -2.26. The SMILES string of the molecule is COc1ccc(N(c2ccc(OC)cc2)c2ccc3cc4c(cc3c2)C2(c3ccccc3-c3ccccc32)c2c-4ccc3cc(N(c4ccc(OC)cc4)c4ccc(OC)cc4)ccc23)cc1. The summed E-state index contributed by atoms with van der Waals surface area (Å²) in [5.74, 6) is 3.24. The van der Waals surface area contributed by atoms with Crippen molar-refractivity contribution in [3.8, 4) is 45.3 Å². The number of ether oxygens (including phenoxy) is 4. The molecule has 0 saturated carbocycles. The zero-order chi connectivity index (χ0) is 45.2. The standard InChI is InChI=1S/C61H46N2O4/c1-64-48-25-16-42(17-26-48)62(43-18-27-49(65-2)28-19-43)46-15-13-39-37-56-55-33-14-40-35-47(63(44-20-29-50(66-3)30-21-44)45-22-31-51(67-4)32-23-45)24-34-52(40)60(55)61(59(56)38-41(39)36-46)57-11-7-5-9-53(57)54-10-6-8-12-58(54)61/h5-38H,1-4H3. The fourth-order valence-electron chi connectivity index (χ4n) is 10.8. The summed E-state index contributed by atoms with van der Waals surface area (Å²) in [6, 6.07) is 74.4. The highest BCUT2D eigenvalue weighted by Crippen LogP contribution is 2.64. The molecule has 67 heavy (non-hydrogen) atoms. The molecule has 0 N–H and O–H groups in total. The summed E-state index contributed by atoms with van der Waals surface area (Å²) < 4.78 is 22.2. The summed E-state index contributed by atoms with van der Waals surface area (Å²) in [6.07, 6.45) is 0. The number of nitrogens with zero attached hydrogens (tertiary/aromatic N) is 2. The smallest absolute Gasteiger partial charge is 0.119 e. The lowest BCUT2D eigenvalue weighted by atomic mass is 9.69. The maximum atomic E-state index is 5.56. The average molecular weight is 871 g/mol. The first-order chi connectivity index (χ1) is 33.0. The Bertz CT molecular complexity index is 3370. The molecule has 0 atom stereocenters. The van der Waals surface area contributed by atoms with E-state index in [1.54, 1.807) is 28.4 Å². The van der Waals surface area contributed by atoms with Crippen LogP contribution in [0.1, 0.15) is 22.3 Å². The van der Waals surface area contributed by atoms with Crippen LogP contribution in [-0.2, 0) is 5.41 Å². The van der Waals surface area contributed by atoms with Crippen molar-refractivity contribution >= 4 is 55.7 Å². The highest BCUT2D eigenvalue weighted by atomic mass is 16.5. The van der Waals surface area contributed by atoms with Crippen molar-refractivity contribution in [2.75, 3.05) is 38.2 Å². The Morgan fingerprint density at radius 2 is 0.701 bits per heavy atom. The first-order valence-electron chi connectivity index (χ1n) is 22.5. The van der Waals surface area contributed by atoms with E-state index < -0.39 is 5.41 Å². The summed E-state index contributed by atoms with van der Waals surface area (Å²) in [5, 5.41) is 4.74. The van der Waals surface area contributed by atoms with Crippen molar-refractivity contribution < 1.29 is 18.9 Å². The summed E-state index contributed by atoms with van der Waals surface area (Å²) in [7, 11) is 6.80. The van der Waals surface area contributed by atoms with Crippen molar-refractivity contribution in [2.24, 2.45) is 0 Å². The van der Waals surface area contributed by atoms with E-state index in [0.717, 1.165) is 57.1 Å². The van der Waals surface area contributed by atoms with Gasteiger partial charge in [0.15, 0.2) is 0 Å². The van der Waals surface area contributed by atoms with Crippen LogP contribution in [-0.4, -0.2) is 28.4 Å². The maximum absolute atomic E-state index is 5.56. The van der Waals surface area contributed by atoms with Gasteiger partial charge in [-0.1, -0.05) is 72.8 Å². The Balaban J connectivity index is 1.07. The molecule has 324 valence electrons. The first kappa shape index (κ1) is 40.1. The molecule has 0 aromatic heterocycles. The number of rotatable bonds is 10. The second-order valence-electron chi connectivity index (χ2n) is 17.1. The molecule has 6 heteroatoms. The van der Waals surface area contributed by atoms with Crippen LogP contribution in [0.5, 0.6) is 23.0 Å². The minimum absolute atomic E-state index is 0.569. The van der Waals surface area contributed by atoms with Crippen LogP contribution < -0.4 is 28.7 Å². The first-order valence-corrected chi connectivity index (χ1v) is 22.5. The lowest BCUT2D eigenvalue weighted by Gasteiger charge is -2.32. The van der Waals surface area contributed by atoms with Gasteiger partial charge in [-0.05, 0) is 200 Å². The van der Waals surface area contributed by atoms with Crippen LogP contribution in [0.3, 0.4) is 0 Å². The lowest BCUT2D eigenvalue weighted by molar-refractivity contribution is 0.414. The van der Waals surface area contributed by atoms with Crippen LogP contribution in [0.15, 0.2) is 206 Å². The second-order valence-corrected chi connectivity index (χ2v) is 17.1. The second kappa shape index (κ2) is 15.9. The third-order valence-corrected chi connectivity index (χ3v) is 13.8. The largest absolute Gasteiger partial charge is 0.497 e. The molecule has 10 aromatic rings. The summed E-state index contributed by atoms with van der Waals surface area (Å²) in [6.45, 7) is 0. The molecular weight excluding hydrogens is 825 g/mol. The fraction of sp³-hybridized carbons (Fsp3) is 0.0820. The monoisotopic (exact) mass is 870 g/mol. The molecule has 0 radical (unpaired) electrons. The number of anilines is 6. The molecule has 1 spiro atoms. The van der Waals surface area contributed by atoms with E-state index in [2.05, 4.69) is 168 Å². The number of fused-ring (bicyclic) bond motifs is 13. The number of hydrogen-bond donors (Lipinski definition) is 0. The quantitative estimate of drug-likeness (QED) is 0.136. The molecule has 0 saturated heterocycles. The van der Waals surface area contributed by atoms with Crippen molar-refractivity contribution in [2.45, 2.75) is 5.41 Å². The molecule has 6 nitrogen and oxygen atoms in total. The molecule has 0 amide bonds. The van der Waals surface area contributed by atoms with Crippen molar-refractivity contribution in [3.63, 3.8) is 0 Å². The van der Waals surface area contributed by atoms with Gasteiger partial charge in [0, 0.05) is 34.1 Å². The van der Waals surface area contributed by atoms with Gasteiger partial charge < -0.3 is 28.7 Å². The van der Waals surface area contributed by atoms with Gasteiger partial charge in [-0.3, -0.25) is 0 Å². The molecular formula is C61H46N2O4. The third-order valence-electron chi connectivity index (χ3n) is 13.8. The molecule has 0 heterocycles. The molecule has 2 aliphatic carbocycles. The zero-order valence-corrected chi connectivity index (χ0v) is 37.7. The molecule has 12 rings (SSSR count). The maximum Gasteiger partial charge on any atom is 0.119 e. The van der Waals surface area contributed by atoms with Crippen LogP contribution in [0.25, 0.3) is 43.8 Å². The Morgan fingerprint density at radius 3 is 1.16 bits per heavy atom. The molecule has 0 unspecified atom stereocenters. The zero-order valence-electron chi connectivity index (χ0n) is 37.7. The molecule has 0 bridgehead atoms. The van der Waals surface area contributed by atoms with E-state index in [9.17, 15) is 0 Å². The van der Waals surface area contributed by atoms with Gasteiger partial charge in [0.2, 0.25) is 0 Å². The van der Waals surface area contributed by atoms with Gasteiger partial charge in [0.05, 0.1) is 33.9 Å². The number of hydrogen-bond acceptors (Lipinski definition) is 6. The van der Waals surface area contributed by atoms with E-state index in [1.165, 1.54) is 66.1 Å². The number of methoxy groups -OCH3 is 4. The molecule has 10 aromatic carbocycles. The normalized spacial score (nSPS) is 12.6. The predicted octanol–water partition coefficient (Wildman–Crippen LogP) is 15.3. The highest BCUT2D eigenvalue weighted by molar-refractivity contribution is 6.07. The Morgan fingerprint density at radius 1 is 0.299 bits per heavy atom. The molecule has 0 aliphatic heterocycles. The number of benzene rings is 10. The van der Waals surface area contributed by atoms with Crippen molar-refractivity contribution in [3.05, 3.63) is 229 Å². The summed E-state index contributed by atoms with van der Waals surface area (Å²) in [5.41, 5.74) is 15.9. The van der Waals surface area contributed by atoms with Gasteiger partial charge in [0.1, 0.15) is 23.0 Å². The third kappa shape index (κ3) is 6.24. The van der Waals surface area contributed by atoms with Crippen LogP contribution in [0.4, 0.5) is 34.1 Å². The van der Waals surface area contributed by atoms with E-state index in [4.69, 9.17) is 18.9 Å². The Hall–Kier alpha value is -8.48. The van der Waals surface area contributed by atoms with Crippen molar-refractivity contribution in [1.29, 1.82) is 0 Å². The van der Waals surface area contributed by atoms with E-state index >= 15 is 0 Å². The summed E-state index contributed by atoms with van der Waals surface area (Å²) >= 11 is 0. The minimum atomic E-state index is -0.569. The fourth-order valence-corrected chi connectivity index (χ4v) is 10.8. The van der Waals surface area contributed by atoms with Gasteiger partial charge in [-0.2, -0.15) is 0 Å². The van der Waals surface area contributed by atoms with E-state index in [0.29, 0.717) is 0 Å². The molecule has 2 aliphatic rings. The van der Waals surface area contributed by atoms with Crippen LogP contribution >= 0.6 is 0 Å². The van der Waals surface area contributed by atoms with Crippen molar-refractivity contribution in [1.82, 2.24) is 0 Å². The van der Waals surface area contributed by atoms with Gasteiger partial charge in [0.25, 0.3) is 0 Å². The van der Waals surface area contributed by atoms with E-state index in [1.807, 2.05) is 48.5 Å². The average Bonchev–Trinajstić information content (AvgIpc) is 3.85. The Kier molecular flexibility index (Phi) is 9.50. The minimum Gasteiger partial charge on any atom is -0.497 e. The van der Waals surface area contributed by atoms with Crippen LogP contribution in [0, 0.1) is 0 Å². The van der Waals surface area contributed by atoms with E-state index in [-0.39, 0.29) is 0 Å². The van der Waals surface area contributed by atoms with Gasteiger partial charge in [-0.25, -0.2) is 0 Å². The van der Waals surface area contributed by atoms with Crippen LogP contribution in [0.2, 0.25) is 0 Å². The Labute approximate surface area is 390 Å².